The number of hydrogen-bond acceptors (Lipinski definition) is 4. The van der Waals surface area contributed by atoms with Gasteiger partial charge in [0.15, 0.2) is 5.78 Å². The summed E-state index contributed by atoms with van der Waals surface area (Å²) in [5.74, 6) is 0.284. The molecule has 20 heavy (non-hydrogen) atoms. The lowest BCUT2D eigenvalue weighted by atomic mass is 10.1. The summed E-state index contributed by atoms with van der Waals surface area (Å²) in [5.41, 5.74) is 3.27. The smallest absolute Gasteiger partial charge is 0.306 e. The summed E-state index contributed by atoms with van der Waals surface area (Å²) >= 11 is 0. The van der Waals surface area contributed by atoms with Crippen LogP contribution in [0, 0.1) is 20.8 Å². The first-order chi connectivity index (χ1) is 9.43. The van der Waals surface area contributed by atoms with E-state index >= 15 is 0 Å². The third-order valence-electron chi connectivity index (χ3n) is 3.07. The first-order valence-electron chi connectivity index (χ1n) is 6.82. The van der Waals surface area contributed by atoms with E-state index in [-0.39, 0.29) is 31.2 Å². The largest absolute Gasteiger partial charge is 0.486 e. The molecule has 0 aliphatic carbocycles. The number of esters is 1. The Morgan fingerprint density at radius 2 is 1.80 bits per heavy atom. The quantitative estimate of drug-likeness (QED) is 0.720. The molecular weight excluding hydrogens is 256 g/mol. The molecule has 4 nitrogen and oxygen atoms in total. The molecule has 0 saturated carbocycles. The SMILES string of the molecule is CCOC(=O)CCC(=O)COc1cc(C)cc(C)c1C. The molecule has 0 radical (unpaired) electrons. The lowest BCUT2D eigenvalue weighted by Crippen LogP contribution is -2.14. The highest BCUT2D eigenvalue weighted by Gasteiger charge is 2.10. The molecule has 0 spiro atoms. The van der Waals surface area contributed by atoms with Gasteiger partial charge < -0.3 is 9.47 Å². The summed E-state index contributed by atoms with van der Waals surface area (Å²) in [4.78, 5) is 22.8. The van der Waals surface area contributed by atoms with Crippen LogP contribution in [0.15, 0.2) is 12.1 Å². The van der Waals surface area contributed by atoms with Crippen LogP contribution >= 0.6 is 0 Å². The number of carbonyl (C=O) groups is 2. The van der Waals surface area contributed by atoms with Gasteiger partial charge in [-0.15, -0.1) is 0 Å². The van der Waals surface area contributed by atoms with E-state index in [0.29, 0.717) is 6.61 Å². The predicted molar refractivity (Wildman–Crippen MR) is 77.0 cm³/mol. The lowest BCUT2D eigenvalue weighted by Gasteiger charge is -2.11. The van der Waals surface area contributed by atoms with E-state index in [9.17, 15) is 9.59 Å². The minimum absolute atomic E-state index is 0.0108. The zero-order valence-electron chi connectivity index (χ0n) is 12.6. The highest BCUT2D eigenvalue weighted by Crippen LogP contribution is 2.23. The number of aryl methyl sites for hydroxylation is 2. The number of rotatable bonds is 7. The van der Waals surface area contributed by atoms with Crippen molar-refractivity contribution in [1.29, 1.82) is 0 Å². The third kappa shape index (κ3) is 5.03. The molecule has 0 aromatic heterocycles. The average Bonchev–Trinajstić information content (AvgIpc) is 2.39. The number of ketones is 1. The van der Waals surface area contributed by atoms with Gasteiger partial charge in [0, 0.05) is 6.42 Å². The van der Waals surface area contributed by atoms with Crippen LogP contribution in [0.25, 0.3) is 0 Å². The Hall–Kier alpha value is -1.84. The Kier molecular flexibility index (Phi) is 6.22. The molecule has 0 aliphatic rings. The normalized spacial score (nSPS) is 10.2. The summed E-state index contributed by atoms with van der Waals surface area (Å²) < 4.78 is 10.3. The van der Waals surface area contributed by atoms with Gasteiger partial charge in [0.2, 0.25) is 0 Å². The monoisotopic (exact) mass is 278 g/mol. The first-order valence-corrected chi connectivity index (χ1v) is 6.82. The molecule has 1 rings (SSSR count). The van der Waals surface area contributed by atoms with Crippen molar-refractivity contribution in [3.63, 3.8) is 0 Å². The molecule has 4 heteroatoms. The van der Waals surface area contributed by atoms with Crippen LogP contribution in [0.2, 0.25) is 0 Å². The maximum absolute atomic E-state index is 11.7. The average molecular weight is 278 g/mol. The summed E-state index contributed by atoms with van der Waals surface area (Å²) in [6.45, 7) is 8.03. The first kappa shape index (κ1) is 16.2. The summed E-state index contributed by atoms with van der Waals surface area (Å²) in [7, 11) is 0. The van der Waals surface area contributed by atoms with Crippen molar-refractivity contribution in [3.05, 3.63) is 28.8 Å². The number of benzene rings is 1. The van der Waals surface area contributed by atoms with E-state index < -0.39 is 0 Å². The van der Waals surface area contributed by atoms with Gasteiger partial charge in [0.1, 0.15) is 12.4 Å². The van der Waals surface area contributed by atoms with Crippen LogP contribution in [-0.4, -0.2) is 25.0 Å². The van der Waals surface area contributed by atoms with Gasteiger partial charge in [-0.2, -0.15) is 0 Å². The molecule has 1 aromatic carbocycles. The van der Waals surface area contributed by atoms with Crippen LogP contribution in [0.4, 0.5) is 0 Å². The van der Waals surface area contributed by atoms with Crippen LogP contribution in [0.3, 0.4) is 0 Å². The van der Waals surface area contributed by atoms with Gasteiger partial charge in [0.25, 0.3) is 0 Å². The topological polar surface area (TPSA) is 52.6 Å². The highest BCUT2D eigenvalue weighted by atomic mass is 16.5. The Balaban J connectivity index is 2.47. The molecule has 0 N–H and O–H groups in total. The van der Waals surface area contributed by atoms with Gasteiger partial charge in [-0.25, -0.2) is 0 Å². The fraction of sp³-hybridized carbons (Fsp3) is 0.500. The molecule has 0 fully saturated rings. The van der Waals surface area contributed by atoms with E-state index in [4.69, 9.17) is 9.47 Å². The van der Waals surface area contributed by atoms with Crippen LogP contribution < -0.4 is 4.74 Å². The second kappa shape index (κ2) is 7.68. The number of hydrogen-bond donors (Lipinski definition) is 0. The Labute approximate surface area is 120 Å². The molecular formula is C16H22O4. The Bertz CT molecular complexity index is 491. The van der Waals surface area contributed by atoms with Gasteiger partial charge >= 0.3 is 5.97 Å². The van der Waals surface area contributed by atoms with Gasteiger partial charge in [-0.1, -0.05) is 6.07 Å². The molecule has 0 unspecified atom stereocenters. The van der Waals surface area contributed by atoms with Crippen LogP contribution in [0.5, 0.6) is 5.75 Å². The van der Waals surface area contributed by atoms with E-state index in [1.807, 2.05) is 26.8 Å². The molecule has 0 bridgehead atoms. The predicted octanol–water partition coefficient (Wildman–Crippen LogP) is 2.90. The van der Waals surface area contributed by atoms with Crippen LogP contribution in [-0.2, 0) is 14.3 Å². The Morgan fingerprint density at radius 1 is 1.10 bits per heavy atom. The number of ether oxygens (including phenoxy) is 2. The highest BCUT2D eigenvalue weighted by molar-refractivity contribution is 5.84. The second-order valence-electron chi connectivity index (χ2n) is 4.84. The zero-order chi connectivity index (χ0) is 15.1. The van der Waals surface area contributed by atoms with Crippen molar-refractivity contribution in [1.82, 2.24) is 0 Å². The fourth-order valence-electron chi connectivity index (χ4n) is 1.86. The minimum Gasteiger partial charge on any atom is -0.486 e. The van der Waals surface area contributed by atoms with Crippen molar-refractivity contribution < 1.29 is 19.1 Å². The summed E-state index contributed by atoms with van der Waals surface area (Å²) in [6.07, 6.45) is 0.268. The zero-order valence-corrected chi connectivity index (χ0v) is 12.6. The standard InChI is InChI=1S/C16H22O4/c1-5-19-16(18)7-6-14(17)10-20-15-9-11(2)8-12(3)13(15)4/h8-9H,5-7,10H2,1-4H3. The molecule has 0 heterocycles. The second-order valence-corrected chi connectivity index (χ2v) is 4.84. The molecule has 0 atom stereocenters. The van der Waals surface area contributed by atoms with E-state index in [1.165, 1.54) is 0 Å². The minimum atomic E-state index is -0.344. The summed E-state index contributed by atoms with van der Waals surface area (Å²) in [6, 6.07) is 3.99. The van der Waals surface area contributed by atoms with E-state index in [2.05, 4.69) is 6.07 Å². The fourth-order valence-corrected chi connectivity index (χ4v) is 1.86. The van der Waals surface area contributed by atoms with Crippen LogP contribution in [0.1, 0.15) is 36.5 Å². The van der Waals surface area contributed by atoms with Crippen molar-refractivity contribution in [2.24, 2.45) is 0 Å². The molecule has 0 aliphatic heterocycles. The van der Waals surface area contributed by atoms with Crippen molar-refractivity contribution in [2.75, 3.05) is 13.2 Å². The van der Waals surface area contributed by atoms with Crippen molar-refractivity contribution >= 4 is 11.8 Å². The number of Topliss-reactive ketones (excluding diaryl/α,β-unsaturated/α-hetero) is 1. The molecule has 0 saturated heterocycles. The van der Waals surface area contributed by atoms with E-state index in [0.717, 1.165) is 22.4 Å². The molecule has 0 amide bonds. The maximum atomic E-state index is 11.7. The van der Waals surface area contributed by atoms with Crippen molar-refractivity contribution in [2.45, 2.75) is 40.5 Å². The summed E-state index contributed by atoms with van der Waals surface area (Å²) in [5, 5.41) is 0. The number of carbonyl (C=O) groups excluding carboxylic acids is 2. The van der Waals surface area contributed by atoms with Gasteiger partial charge in [0.05, 0.1) is 13.0 Å². The lowest BCUT2D eigenvalue weighted by molar-refractivity contribution is -0.144. The van der Waals surface area contributed by atoms with E-state index in [1.54, 1.807) is 6.92 Å². The van der Waals surface area contributed by atoms with Gasteiger partial charge in [-0.05, 0) is 50.5 Å². The molecule has 1 aromatic rings. The molecule has 110 valence electrons. The van der Waals surface area contributed by atoms with Crippen molar-refractivity contribution in [3.8, 4) is 5.75 Å². The third-order valence-corrected chi connectivity index (χ3v) is 3.07. The van der Waals surface area contributed by atoms with Gasteiger partial charge in [-0.3, -0.25) is 9.59 Å². The Morgan fingerprint density at radius 3 is 2.45 bits per heavy atom. The maximum Gasteiger partial charge on any atom is 0.306 e.